The number of nitrogens with zero attached hydrogens (tertiary/aromatic N) is 1. The van der Waals surface area contributed by atoms with Crippen molar-refractivity contribution in [1.29, 1.82) is 0 Å². The summed E-state index contributed by atoms with van der Waals surface area (Å²) in [7, 11) is 0. The van der Waals surface area contributed by atoms with Gasteiger partial charge in [0.2, 0.25) is 5.91 Å². The van der Waals surface area contributed by atoms with Crippen LogP contribution in [0.15, 0.2) is 30.5 Å². The van der Waals surface area contributed by atoms with Gasteiger partial charge in [-0.15, -0.1) is 0 Å². The number of hydrogen-bond donors (Lipinski definition) is 2. The first-order valence-electron chi connectivity index (χ1n) is 6.85. The van der Waals surface area contributed by atoms with Gasteiger partial charge < -0.3 is 15.0 Å². The van der Waals surface area contributed by atoms with Crippen LogP contribution in [0.2, 0.25) is 0 Å². The van der Waals surface area contributed by atoms with E-state index in [4.69, 9.17) is 5.11 Å². The molecule has 0 atom stereocenters. The normalized spacial score (nSPS) is 11.6. The van der Waals surface area contributed by atoms with Gasteiger partial charge in [-0.1, -0.05) is 20.8 Å². The zero-order chi connectivity index (χ0) is 15.6. The number of aliphatic carboxylic acids is 1. The maximum absolute atomic E-state index is 11.9. The van der Waals surface area contributed by atoms with Crippen molar-refractivity contribution >= 4 is 28.5 Å². The van der Waals surface area contributed by atoms with E-state index in [-0.39, 0.29) is 17.9 Å². The molecule has 1 heterocycles. The fraction of sp³-hybridized carbons (Fsp3) is 0.375. The first-order chi connectivity index (χ1) is 9.74. The summed E-state index contributed by atoms with van der Waals surface area (Å²) in [6.45, 7) is 5.98. The summed E-state index contributed by atoms with van der Waals surface area (Å²) >= 11 is 0. The van der Waals surface area contributed by atoms with Crippen molar-refractivity contribution in [2.45, 2.75) is 33.7 Å². The molecule has 2 rings (SSSR count). The predicted octanol–water partition coefficient (Wildman–Crippen LogP) is 3.10. The second-order valence-corrected chi connectivity index (χ2v) is 6.40. The Labute approximate surface area is 123 Å². The van der Waals surface area contributed by atoms with Crippen molar-refractivity contribution in [3.63, 3.8) is 0 Å². The third-order valence-corrected chi connectivity index (χ3v) is 3.05. The van der Waals surface area contributed by atoms with Crippen LogP contribution in [0.4, 0.5) is 5.69 Å². The third-order valence-electron chi connectivity index (χ3n) is 3.05. The van der Waals surface area contributed by atoms with Gasteiger partial charge in [0.25, 0.3) is 0 Å². The van der Waals surface area contributed by atoms with Gasteiger partial charge in [-0.2, -0.15) is 0 Å². The number of fused-ring (bicyclic) bond motifs is 1. The summed E-state index contributed by atoms with van der Waals surface area (Å²) in [5.74, 6) is -0.901. The van der Waals surface area contributed by atoms with Crippen LogP contribution >= 0.6 is 0 Å². The van der Waals surface area contributed by atoms with Gasteiger partial charge in [0, 0.05) is 29.2 Å². The number of rotatable bonds is 4. The zero-order valence-electron chi connectivity index (χ0n) is 12.5. The van der Waals surface area contributed by atoms with E-state index in [2.05, 4.69) is 5.32 Å². The minimum atomic E-state index is -0.880. The first kappa shape index (κ1) is 15.1. The summed E-state index contributed by atoms with van der Waals surface area (Å²) in [6.07, 6.45) is 2.19. The van der Waals surface area contributed by atoms with Crippen molar-refractivity contribution in [2.75, 3.05) is 5.32 Å². The van der Waals surface area contributed by atoms with Crippen molar-refractivity contribution in [1.82, 2.24) is 4.57 Å². The smallest absolute Gasteiger partial charge is 0.323 e. The minimum Gasteiger partial charge on any atom is -0.480 e. The number of anilines is 1. The van der Waals surface area contributed by atoms with Crippen LogP contribution in [0.25, 0.3) is 10.9 Å². The lowest BCUT2D eigenvalue weighted by molar-refractivity contribution is -0.137. The molecule has 0 bridgehead atoms. The van der Waals surface area contributed by atoms with E-state index in [9.17, 15) is 9.59 Å². The topological polar surface area (TPSA) is 71.3 Å². The molecule has 112 valence electrons. The molecule has 2 N–H and O–H groups in total. The highest BCUT2D eigenvalue weighted by atomic mass is 16.4. The molecule has 0 spiro atoms. The summed E-state index contributed by atoms with van der Waals surface area (Å²) in [5.41, 5.74) is 1.51. The molecule has 0 aliphatic rings. The molecule has 0 unspecified atom stereocenters. The largest absolute Gasteiger partial charge is 0.480 e. The molecule has 21 heavy (non-hydrogen) atoms. The molecule has 5 nitrogen and oxygen atoms in total. The molecule has 1 aromatic heterocycles. The second kappa shape index (κ2) is 5.60. The number of aromatic nitrogens is 1. The Kier molecular flexibility index (Phi) is 4.02. The van der Waals surface area contributed by atoms with Gasteiger partial charge in [0.15, 0.2) is 0 Å². The average Bonchev–Trinajstić information content (AvgIpc) is 2.68. The Hall–Kier alpha value is -2.30. The van der Waals surface area contributed by atoms with E-state index in [1.54, 1.807) is 16.8 Å². The van der Waals surface area contributed by atoms with Gasteiger partial charge in [-0.05, 0) is 29.7 Å². The van der Waals surface area contributed by atoms with Gasteiger partial charge >= 0.3 is 5.97 Å². The summed E-state index contributed by atoms with van der Waals surface area (Å²) in [4.78, 5) is 22.7. The highest BCUT2D eigenvalue weighted by Crippen LogP contribution is 2.23. The van der Waals surface area contributed by atoms with Crippen LogP contribution in [0.5, 0.6) is 0 Å². The molecule has 0 saturated carbocycles. The Balaban J connectivity index is 2.16. The Morgan fingerprint density at radius 3 is 2.57 bits per heavy atom. The lowest BCUT2D eigenvalue weighted by Crippen LogP contribution is -2.19. The average molecular weight is 288 g/mol. The molecular weight excluding hydrogens is 268 g/mol. The van der Waals surface area contributed by atoms with Gasteiger partial charge in [-0.3, -0.25) is 9.59 Å². The fourth-order valence-corrected chi connectivity index (χ4v) is 2.25. The Morgan fingerprint density at radius 1 is 1.24 bits per heavy atom. The Morgan fingerprint density at radius 2 is 1.95 bits per heavy atom. The molecule has 1 aromatic carbocycles. The number of hydrogen-bond acceptors (Lipinski definition) is 2. The Bertz CT molecular complexity index is 680. The highest BCUT2D eigenvalue weighted by Gasteiger charge is 2.16. The van der Waals surface area contributed by atoms with Crippen LogP contribution in [0, 0.1) is 5.41 Å². The van der Waals surface area contributed by atoms with E-state index >= 15 is 0 Å². The van der Waals surface area contributed by atoms with E-state index in [1.807, 2.05) is 39.0 Å². The number of carboxylic acid groups (broad SMARTS) is 1. The van der Waals surface area contributed by atoms with Crippen molar-refractivity contribution in [3.05, 3.63) is 30.5 Å². The van der Waals surface area contributed by atoms with E-state index in [1.165, 1.54) is 0 Å². The van der Waals surface area contributed by atoms with Crippen molar-refractivity contribution in [2.24, 2.45) is 5.41 Å². The SMILES string of the molecule is CC(C)(C)CC(=O)Nc1ccc2c(ccn2CC(=O)O)c1. The number of benzene rings is 1. The quantitative estimate of drug-likeness (QED) is 0.908. The van der Waals surface area contributed by atoms with Gasteiger partial charge in [-0.25, -0.2) is 0 Å². The molecule has 2 aromatic rings. The first-order valence-corrected chi connectivity index (χ1v) is 6.85. The number of carbonyl (C=O) groups is 2. The molecule has 0 fully saturated rings. The van der Waals surface area contributed by atoms with E-state index in [0.717, 1.165) is 16.6 Å². The minimum absolute atomic E-state index is 0.0215. The number of amides is 1. The van der Waals surface area contributed by atoms with Crippen LogP contribution in [0.3, 0.4) is 0 Å². The molecule has 5 heteroatoms. The molecule has 0 radical (unpaired) electrons. The third kappa shape index (κ3) is 4.08. The van der Waals surface area contributed by atoms with Crippen molar-refractivity contribution in [3.8, 4) is 0 Å². The van der Waals surface area contributed by atoms with Gasteiger partial charge in [0.05, 0.1) is 0 Å². The summed E-state index contributed by atoms with van der Waals surface area (Å²) in [6, 6.07) is 7.32. The van der Waals surface area contributed by atoms with E-state index < -0.39 is 5.97 Å². The zero-order valence-corrected chi connectivity index (χ0v) is 12.5. The molecular formula is C16H20N2O3. The maximum Gasteiger partial charge on any atom is 0.323 e. The van der Waals surface area contributed by atoms with Crippen LogP contribution in [-0.4, -0.2) is 21.6 Å². The highest BCUT2D eigenvalue weighted by molar-refractivity contribution is 5.94. The van der Waals surface area contributed by atoms with Crippen LogP contribution < -0.4 is 5.32 Å². The van der Waals surface area contributed by atoms with E-state index in [0.29, 0.717) is 6.42 Å². The monoisotopic (exact) mass is 288 g/mol. The lowest BCUT2D eigenvalue weighted by Gasteiger charge is -2.17. The molecule has 0 saturated heterocycles. The summed E-state index contributed by atoms with van der Waals surface area (Å²) in [5, 5.41) is 12.6. The number of nitrogens with one attached hydrogen (secondary N) is 1. The predicted molar refractivity (Wildman–Crippen MR) is 82.3 cm³/mol. The van der Waals surface area contributed by atoms with Crippen LogP contribution in [-0.2, 0) is 16.1 Å². The van der Waals surface area contributed by atoms with Gasteiger partial charge in [0.1, 0.15) is 6.54 Å². The number of carbonyl (C=O) groups excluding carboxylic acids is 1. The van der Waals surface area contributed by atoms with Crippen molar-refractivity contribution < 1.29 is 14.7 Å². The number of carboxylic acids is 1. The lowest BCUT2D eigenvalue weighted by atomic mass is 9.92. The molecule has 0 aliphatic heterocycles. The van der Waals surface area contributed by atoms with Crippen LogP contribution in [0.1, 0.15) is 27.2 Å². The fourth-order valence-electron chi connectivity index (χ4n) is 2.25. The molecule has 1 amide bonds. The second-order valence-electron chi connectivity index (χ2n) is 6.40. The summed E-state index contributed by atoms with van der Waals surface area (Å²) < 4.78 is 1.67. The maximum atomic E-state index is 11.9. The standard InChI is InChI=1S/C16H20N2O3/c1-16(2,3)9-14(19)17-12-4-5-13-11(8-12)6-7-18(13)10-15(20)21/h4-8H,9-10H2,1-3H3,(H,17,19)(H,20,21). The molecule has 0 aliphatic carbocycles.